The zero-order valence-corrected chi connectivity index (χ0v) is 30.6. The van der Waals surface area contributed by atoms with Crippen LogP contribution in [0.2, 0.25) is 10.0 Å². The number of anilines is 2. The molecular weight excluding hydrogens is 729 g/mol. The summed E-state index contributed by atoms with van der Waals surface area (Å²) in [4.78, 5) is 30.0. The quantitative estimate of drug-likeness (QED) is 0.138. The molecular formula is C35H39Cl2N9O7. The first kappa shape index (κ1) is 37.6. The molecule has 5 aromatic rings. The summed E-state index contributed by atoms with van der Waals surface area (Å²) >= 11 is 12.7. The van der Waals surface area contributed by atoms with E-state index in [1.165, 1.54) is 11.0 Å². The van der Waals surface area contributed by atoms with Gasteiger partial charge in [-0.05, 0) is 74.0 Å². The van der Waals surface area contributed by atoms with Crippen molar-refractivity contribution >= 4 is 34.6 Å². The average molecular weight is 769 g/mol. The molecule has 280 valence electrons. The van der Waals surface area contributed by atoms with Gasteiger partial charge in [0.05, 0.1) is 23.4 Å². The zero-order chi connectivity index (χ0) is 37.5. The molecule has 53 heavy (non-hydrogen) atoms. The number of piperazine rings is 1. The van der Waals surface area contributed by atoms with Gasteiger partial charge in [0.2, 0.25) is 5.79 Å². The first-order chi connectivity index (χ1) is 25.5. The summed E-state index contributed by atoms with van der Waals surface area (Å²) < 4.78 is 23.7. The van der Waals surface area contributed by atoms with Crippen LogP contribution in [-0.2, 0) is 21.8 Å². The second kappa shape index (κ2) is 16.7. The number of rotatable bonds is 11. The van der Waals surface area contributed by atoms with Gasteiger partial charge in [-0.2, -0.15) is 10.2 Å². The smallest absolute Gasteiger partial charge is 0.350 e. The van der Waals surface area contributed by atoms with Crippen LogP contribution in [0, 0.1) is 10.1 Å². The van der Waals surface area contributed by atoms with E-state index in [1.807, 2.05) is 44.2 Å². The monoisotopic (exact) mass is 767 g/mol. The Labute approximate surface area is 314 Å². The fourth-order valence-electron chi connectivity index (χ4n) is 6.24. The normalized spacial score (nSPS) is 19.1. The van der Waals surface area contributed by atoms with Crippen LogP contribution >= 0.6 is 23.2 Å². The first-order valence-corrected chi connectivity index (χ1v) is 17.7. The lowest BCUT2D eigenvalue weighted by Crippen LogP contribution is -2.46. The fourth-order valence-corrected chi connectivity index (χ4v) is 6.79. The summed E-state index contributed by atoms with van der Waals surface area (Å²) in [7, 11) is 0. The van der Waals surface area contributed by atoms with Gasteiger partial charge in [0, 0.05) is 48.1 Å². The maximum atomic E-state index is 12.8. The molecule has 2 fully saturated rings. The van der Waals surface area contributed by atoms with Gasteiger partial charge in [0.1, 0.15) is 44.0 Å². The van der Waals surface area contributed by atoms with Gasteiger partial charge in [-0.25, -0.2) is 23.7 Å². The van der Waals surface area contributed by atoms with Crippen LogP contribution in [0.4, 0.5) is 11.4 Å². The SMILES string of the molecule is CC[C@H](C)n1ncn(-c2ccc(N3CCN(c4ccc(OC[C@H]5CO[C@](Cn6cncn6)(c6ccc(Cl)cc6Cl)O5)cc4)CC3)cc2)c1=O.O=[N+]([O-])O. The molecule has 4 heterocycles. The first-order valence-electron chi connectivity index (χ1n) is 17.0. The van der Waals surface area contributed by atoms with Gasteiger partial charge in [-0.15, -0.1) is 10.1 Å². The molecule has 1 N–H and O–H groups in total. The molecule has 0 radical (unpaired) electrons. The van der Waals surface area contributed by atoms with Crippen molar-refractivity contribution in [2.24, 2.45) is 0 Å². The Morgan fingerprint density at radius 1 is 0.981 bits per heavy atom. The molecule has 0 unspecified atom stereocenters. The minimum absolute atomic E-state index is 0.0645. The molecule has 0 saturated carbocycles. The van der Waals surface area contributed by atoms with E-state index in [0.717, 1.165) is 55.4 Å². The van der Waals surface area contributed by atoms with Crippen molar-refractivity contribution in [1.82, 2.24) is 29.1 Å². The van der Waals surface area contributed by atoms with Gasteiger partial charge < -0.3 is 29.2 Å². The number of halogens is 2. The molecule has 18 heteroatoms. The Morgan fingerprint density at radius 2 is 1.60 bits per heavy atom. The third kappa shape index (κ3) is 8.90. The van der Waals surface area contributed by atoms with Gasteiger partial charge in [-0.3, -0.25) is 0 Å². The van der Waals surface area contributed by atoms with Gasteiger partial charge in [-0.1, -0.05) is 36.2 Å². The zero-order valence-electron chi connectivity index (χ0n) is 29.1. The molecule has 2 aliphatic heterocycles. The van der Waals surface area contributed by atoms with E-state index in [4.69, 9.17) is 52.7 Å². The topological polar surface area (TPSA) is 168 Å². The van der Waals surface area contributed by atoms with Gasteiger partial charge >= 0.3 is 5.69 Å². The van der Waals surface area contributed by atoms with E-state index in [2.05, 4.69) is 49.2 Å². The summed E-state index contributed by atoms with van der Waals surface area (Å²) in [6.45, 7) is 8.48. The summed E-state index contributed by atoms with van der Waals surface area (Å²) in [5, 5.41) is 23.1. The highest BCUT2D eigenvalue weighted by Gasteiger charge is 2.45. The van der Waals surface area contributed by atoms with E-state index in [9.17, 15) is 4.79 Å². The molecule has 0 amide bonds. The Hall–Kier alpha value is -5.16. The summed E-state index contributed by atoms with van der Waals surface area (Å²) in [6.07, 6.45) is 5.19. The van der Waals surface area contributed by atoms with E-state index >= 15 is 0 Å². The molecule has 7 rings (SSSR count). The van der Waals surface area contributed by atoms with E-state index in [1.54, 1.807) is 34.0 Å². The van der Waals surface area contributed by atoms with Crippen molar-refractivity contribution < 1.29 is 24.5 Å². The summed E-state index contributed by atoms with van der Waals surface area (Å²) in [5.74, 6) is -0.410. The maximum absolute atomic E-state index is 12.8. The second-order valence-corrected chi connectivity index (χ2v) is 13.4. The van der Waals surface area contributed by atoms with Crippen LogP contribution in [0.3, 0.4) is 0 Å². The Bertz CT molecular complexity index is 2010. The van der Waals surface area contributed by atoms with Gasteiger partial charge in [0.15, 0.2) is 0 Å². The summed E-state index contributed by atoms with van der Waals surface area (Å²) in [5.41, 5.74) is 3.64. The van der Waals surface area contributed by atoms with Crippen molar-refractivity contribution in [3.8, 4) is 11.4 Å². The molecule has 3 aromatic carbocycles. The van der Waals surface area contributed by atoms with Crippen molar-refractivity contribution in [3.05, 3.63) is 122 Å². The lowest BCUT2D eigenvalue weighted by Gasteiger charge is -2.37. The molecule has 2 saturated heterocycles. The minimum Gasteiger partial charge on any atom is -0.491 e. The molecule has 3 atom stereocenters. The van der Waals surface area contributed by atoms with Crippen LogP contribution in [0.15, 0.2) is 90.5 Å². The predicted molar refractivity (Wildman–Crippen MR) is 197 cm³/mol. The van der Waals surface area contributed by atoms with E-state index in [-0.39, 0.29) is 24.4 Å². The van der Waals surface area contributed by atoms with Crippen molar-refractivity contribution in [2.45, 2.75) is 44.7 Å². The number of hydrogen-bond donors (Lipinski definition) is 1. The highest BCUT2D eigenvalue weighted by molar-refractivity contribution is 6.35. The standard InChI is InChI=1S/C35H38Cl2N8O4.HNO3/c1-3-25(2)45-34(46)44(24-40-45)29-7-5-27(6-8-29)41-14-16-42(17-15-41)28-9-11-30(12-10-28)47-19-31-20-48-35(49-31,21-43-23-38-22-39-43)32-13-4-26(36)18-33(32)37;2-1(3)4/h4-13,18,22-25,31H,3,14-17,19-21H2,1-2H3;(H,2,3,4)/t25-,31-,35-;/m0./s1. The summed E-state index contributed by atoms with van der Waals surface area (Å²) in [6, 6.07) is 21.6. The number of aromatic nitrogens is 6. The van der Waals surface area contributed by atoms with E-state index in [0.29, 0.717) is 28.8 Å². The minimum atomic E-state index is -1.50. The Morgan fingerprint density at radius 3 is 2.19 bits per heavy atom. The molecule has 0 spiro atoms. The van der Waals surface area contributed by atoms with Crippen LogP contribution < -0.4 is 20.2 Å². The van der Waals surface area contributed by atoms with Crippen LogP contribution in [-0.4, -0.2) is 84.9 Å². The van der Waals surface area contributed by atoms with Crippen LogP contribution in [0.25, 0.3) is 5.69 Å². The van der Waals surface area contributed by atoms with Crippen LogP contribution in [0.5, 0.6) is 5.75 Å². The third-order valence-corrected chi connectivity index (χ3v) is 9.70. The largest absolute Gasteiger partial charge is 0.491 e. The number of hydrogen-bond acceptors (Lipinski definition) is 11. The maximum Gasteiger partial charge on any atom is 0.350 e. The highest BCUT2D eigenvalue weighted by atomic mass is 35.5. The number of ether oxygens (including phenoxy) is 3. The lowest BCUT2D eigenvalue weighted by atomic mass is 10.1. The fraction of sp³-hybridized carbons (Fsp3) is 0.371. The number of benzene rings is 3. The van der Waals surface area contributed by atoms with Gasteiger partial charge in [0.25, 0.3) is 5.09 Å². The van der Waals surface area contributed by atoms with E-state index < -0.39 is 10.9 Å². The molecule has 0 bridgehead atoms. The predicted octanol–water partition coefficient (Wildman–Crippen LogP) is 5.23. The molecule has 2 aromatic heterocycles. The van der Waals surface area contributed by atoms with Crippen molar-refractivity contribution in [3.63, 3.8) is 0 Å². The Balaban J connectivity index is 0.00000114. The van der Waals surface area contributed by atoms with Crippen molar-refractivity contribution in [2.75, 3.05) is 49.2 Å². The molecule has 16 nitrogen and oxygen atoms in total. The molecule has 0 aliphatic carbocycles. The highest BCUT2D eigenvalue weighted by Crippen LogP contribution is 2.40. The van der Waals surface area contributed by atoms with Crippen molar-refractivity contribution in [1.29, 1.82) is 0 Å². The number of nitrogens with zero attached hydrogens (tertiary/aromatic N) is 9. The third-order valence-electron chi connectivity index (χ3n) is 9.15. The molecule has 2 aliphatic rings. The lowest BCUT2D eigenvalue weighted by molar-refractivity contribution is -0.742. The average Bonchev–Trinajstić information content (AvgIpc) is 3.92. The van der Waals surface area contributed by atoms with Crippen LogP contribution in [0.1, 0.15) is 31.9 Å². The Kier molecular flexibility index (Phi) is 11.8. The second-order valence-electron chi connectivity index (χ2n) is 12.5.